The normalized spacial score (nSPS) is 11.8. The molecule has 0 aliphatic heterocycles. The van der Waals surface area contributed by atoms with Crippen molar-refractivity contribution >= 4 is 19.7 Å². The minimum atomic E-state index is -4.19. The fourth-order valence-electron chi connectivity index (χ4n) is 2.75. The number of nitrogens with zero attached hydrogens (tertiary/aromatic N) is 2. The predicted molar refractivity (Wildman–Crippen MR) is 107 cm³/mol. The number of sulfone groups is 2. The van der Waals surface area contributed by atoms with Crippen LogP contribution in [0.15, 0.2) is 74.4 Å². The minimum absolute atomic E-state index is 0.00149. The smallest absolute Gasteiger partial charge is 0.222 e. The van der Waals surface area contributed by atoms with Crippen molar-refractivity contribution in [1.82, 2.24) is 4.98 Å². The van der Waals surface area contributed by atoms with Gasteiger partial charge in [0.1, 0.15) is 6.07 Å². The fraction of sp³-hybridized carbons (Fsp3) is 0.143. The van der Waals surface area contributed by atoms with Crippen LogP contribution in [-0.4, -0.2) is 21.8 Å². The monoisotopic (exact) mass is 426 g/mol. The van der Waals surface area contributed by atoms with E-state index in [-0.39, 0.29) is 20.9 Å². The molecule has 0 unspecified atom stereocenters. The molecule has 148 valence electrons. The number of hydrogen-bond donors (Lipinski definition) is 0. The molecule has 0 aliphatic rings. The van der Waals surface area contributed by atoms with E-state index in [9.17, 15) is 22.1 Å². The lowest BCUT2D eigenvalue weighted by Crippen LogP contribution is -2.13. The summed E-state index contributed by atoms with van der Waals surface area (Å²) in [6, 6.07) is 15.3. The molecular formula is C21H18N2O4S2. The standard InChI is InChI=1S/C21H18N2O4S2/c1-14-4-8-17(9-5-14)28(24,25)20-12-16(3)19(13-22)21(23-20)29(26,27)18-10-6-15(2)7-11-18/h4-12H,1-3H3. The van der Waals surface area contributed by atoms with Crippen molar-refractivity contribution in [3.05, 3.63) is 76.9 Å². The Bertz CT molecular complexity index is 1340. The largest absolute Gasteiger partial charge is 0.225 e. The Morgan fingerprint density at radius 3 is 1.66 bits per heavy atom. The fourth-order valence-corrected chi connectivity index (χ4v) is 5.50. The summed E-state index contributed by atoms with van der Waals surface area (Å²) in [6.07, 6.45) is 0. The van der Waals surface area contributed by atoms with Crippen LogP contribution < -0.4 is 0 Å². The molecule has 0 aliphatic carbocycles. The van der Waals surface area contributed by atoms with Crippen LogP contribution in [0.5, 0.6) is 0 Å². The maximum absolute atomic E-state index is 13.1. The third kappa shape index (κ3) is 3.79. The summed E-state index contributed by atoms with van der Waals surface area (Å²) in [4.78, 5) is 3.89. The lowest BCUT2D eigenvalue weighted by atomic mass is 10.2. The lowest BCUT2D eigenvalue weighted by molar-refractivity contribution is 0.584. The zero-order valence-electron chi connectivity index (χ0n) is 16.0. The molecule has 0 bridgehead atoms. The van der Waals surface area contributed by atoms with Gasteiger partial charge >= 0.3 is 0 Å². The first-order valence-electron chi connectivity index (χ1n) is 8.62. The SMILES string of the molecule is Cc1ccc(S(=O)(=O)c2cc(C)c(C#N)c(S(=O)(=O)c3ccc(C)cc3)n2)cc1. The third-order valence-electron chi connectivity index (χ3n) is 4.46. The molecule has 1 aromatic heterocycles. The van der Waals surface area contributed by atoms with Gasteiger partial charge in [0.15, 0.2) is 10.1 Å². The van der Waals surface area contributed by atoms with E-state index in [4.69, 9.17) is 0 Å². The van der Waals surface area contributed by atoms with Crippen LogP contribution in [0.3, 0.4) is 0 Å². The highest BCUT2D eigenvalue weighted by atomic mass is 32.2. The van der Waals surface area contributed by atoms with Gasteiger partial charge in [0.25, 0.3) is 0 Å². The van der Waals surface area contributed by atoms with E-state index < -0.39 is 29.7 Å². The summed E-state index contributed by atoms with van der Waals surface area (Å²) in [5.41, 5.74) is 1.80. The maximum Gasteiger partial charge on any atom is 0.225 e. The Morgan fingerprint density at radius 1 is 0.759 bits per heavy atom. The number of aryl methyl sites for hydroxylation is 3. The summed E-state index contributed by atoms with van der Waals surface area (Å²) in [5.74, 6) is 0. The summed E-state index contributed by atoms with van der Waals surface area (Å²) in [7, 11) is -8.25. The molecular weight excluding hydrogens is 408 g/mol. The zero-order valence-corrected chi connectivity index (χ0v) is 17.7. The summed E-state index contributed by atoms with van der Waals surface area (Å²) in [5, 5.41) is 8.52. The summed E-state index contributed by atoms with van der Waals surface area (Å²) in [6.45, 7) is 5.13. The molecule has 0 spiro atoms. The van der Waals surface area contributed by atoms with Gasteiger partial charge in [-0.2, -0.15) is 5.26 Å². The van der Waals surface area contributed by atoms with E-state index in [1.54, 1.807) is 24.3 Å². The topological polar surface area (TPSA) is 105 Å². The number of benzene rings is 2. The Morgan fingerprint density at radius 2 is 1.21 bits per heavy atom. The van der Waals surface area contributed by atoms with E-state index in [1.807, 2.05) is 19.9 Å². The molecule has 8 heteroatoms. The van der Waals surface area contributed by atoms with Gasteiger partial charge in [0.2, 0.25) is 19.7 Å². The van der Waals surface area contributed by atoms with Crippen LogP contribution in [-0.2, 0) is 19.7 Å². The summed E-state index contributed by atoms with van der Waals surface area (Å²) < 4.78 is 52.3. The zero-order chi connectivity index (χ0) is 21.4. The highest BCUT2D eigenvalue weighted by Gasteiger charge is 2.29. The highest BCUT2D eigenvalue weighted by Crippen LogP contribution is 2.28. The Balaban J connectivity index is 2.26. The second kappa shape index (κ2) is 7.43. The number of rotatable bonds is 4. The first-order valence-corrected chi connectivity index (χ1v) is 11.6. The molecule has 0 saturated heterocycles. The second-order valence-electron chi connectivity index (χ2n) is 6.70. The van der Waals surface area contributed by atoms with Gasteiger partial charge < -0.3 is 0 Å². The second-order valence-corrected chi connectivity index (χ2v) is 10.5. The molecule has 6 nitrogen and oxygen atoms in total. The molecule has 0 saturated carbocycles. The van der Waals surface area contributed by atoms with Crippen LogP contribution in [0, 0.1) is 32.1 Å². The average Bonchev–Trinajstić information content (AvgIpc) is 2.68. The van der Waals surface area contributed by atoms with Crippen molar-refractivity contribution in [2.24, 2.45) is 0 Å². The molecule has 29 heavy (non-hydrogen) atoms. The van der Waals surface area contributed by atoms with E-state index in [2.05, 4.69) is 4.98 Å². The number of hydrogen-bond acceptors (Lipinski definition) is 6. The van der Waals surface area contributed by atoms with Crippen molar-refractivity contribution in [3.8, 4) is 6.07 Å². The van der Waals surface area contributed by atoms with Crippen LogP contribution >= 0.6 is 0 Å². The molecule has 2 aromatic carbocycles. The molecule has 0 amide bonds. The van der Waals surface area contributed by atoms with Crippen LogP contribution in [0.2, 0.25) is 0 Å². The van der Waals surface area contributed by atoms with Crippen molar-refractivity contribution in [2.45, 2.75) is 40.6 Å². The molecule has 0 N–H and O–H groups in total. The van der Waals surface area contributed by atoms with Crippen LogP contribution in [0.4, 0.5) is 0 Å². The van der Waals surface area contributed by atoms with Gasteiger partial charge in [-0.25, -0.2) is 21.8 Å². The third-order valence-corrected chi connectivity index (χ3v) is 7.81. The van der Waals surface area contributed by atoms with Gasteiger partial charge in [-0.15, -0.1) is 0 Å². The maximum atomic E-state index is 13.1. The van der Waals surface area contributed by atoms with E-state index in [1.165, 1.54) is 37.3 Å². The Hall–Kier alpha value is -3.02. The molecule has 0 fully saturated rings. The first-order chi connectivity index (χ1) is 13.6. The highest BCUT2D eigenvalue weighted by molar-refractivity contribution is 7.92. The van der Waals surface area contributed by atoms with Crippen LogP contribution in [0.25, 0.3) is 0 Å². The van der Waals surface area contributed by atoms with Gasteiger partial charge in [-0.1, -0.05) is 35.4 Å². The van der Waals surface area contributed by atoms with E-state index in [0.717, 1.165) is 11.1 Å². The minimum Gasteiger partial charge on any atom is -0.222 e. The van der Waals surface area contributed by atoms with Gasteiger partial charge in [-0.3, -0.25) is 0 Å². The average molecular weight is 427 g/mol. The number of aromatic nitrogens is 1. The quantitative estimate of drug-likeness (QED) is 0.632. The van der Waals surface area contributed by atoms with Crippen molar-refractivity contribution in [1.29, 1.82) is 5.26 Å². The molecule has 0 radical (unpaired) electrons. The molecule has 0 atom stereocenters. The first kappa shape index (κ1) is 20.7. The van der Waals surface area contributed by atoms with Crippen molar-refractivity contribution in [2.75, 3.05) is 0 Å². The molecule has 3 aromatic rings. The lowest BCUT2D eigenvalue weighted by Gasteiger charge is -2.11. The predicted octanol–water partition coefficient (Wildman–Crippen LogP) is 3.54. The van der Waals surface area contributed by atoms with E-state index in [0.29, 0.717) is 0 Å². The molecule has 1 heterocycles. The van der Waals surface area contributed by atoms with Gasteiger partial charge in [-0.05, 0) is 56.7 Å². The Kier molecular flexibility index (Phi) is 5.30. The van der Waals surface area contributed by atoms with E-state index >= 15 is 0 Å². The van der Waals surface area contributed by atoms with Gasteiger partial charge in [0, 0.05) is 0 Å². The Labute approximate surface area is 170 Å². The number of pyridine rings is 1. The van der Waals surface area contributed by atoms with Crippen LogP contribution in [0.1, 0.15) is 22.3 Å². The van der Waals surface area contributed by atoms with Crippen molar-refractivity contribution < 1.29 is 16.8 Å². The van der Waals surface area contributed by atoms with Crippen molar-refractivity contribution in [3.63, 3.8) is 0 Å². The van der Waals surface area contributed by atoms with Gasteiger partial charge in [0.05, 0.1) is 15.4 Å². The summed E-state index contributed by atoms with van der Waals surface area (Å²) >= 11 is 0. The molecule has 3 rings (SSSR count). The number of nitriles is 1.